The Morgan fingerprint density at radius 1 is 1.24 bits per heavy atom. The van der Waals surface area contributed by atoms with E-state index in [1.807, 2.05) is 12.1 Å². The Kier molecular flexibility index (Phi) is 3.64. The number of H-pyrrole nitrogens is 1. The van der Waals surface area contributed by atoms with Gasteiger partial charge in [0.05, 0.1) is 0 Å². The van der Waals surface area contributed by atoms with E-state index in [4.69, 9.17) is 0 Å². The van der Waals surface area contributed by atoms with Crippen LogP contribution in [0.4, 0.5) is 0 Å². The maximum atomic E-state index is 12.8. The third-order valence-corrected chi connectivity index (χ3v) is 6.44. The highest BCUT2D eigenvalue weighted by molar-refractivity contribution is 7.91. The second kappa shape index (κ2) is 5.73. The summed E-state index contributed by atoms with van der Waals surface area (Å²) in [6.07, 6.45) is 3.27. The lowest BCUT2D eigenvalue weighted by atomic mass is 10.1. The summed E-state index contributed by atoms with van der Waals surface area (Å²) in [5.74, 6) is 0.618. The number of nitrogens with one attached hydrogen (secondary N) is 1. The van der Waals surface area contributed by atoms with Gasteiger partial charge in [0, 0.05) is 12.6 Å². The van der Waals surface area contributed by atoms with E-state index < -0.39 is 15.1 Å². The predicted octanol–water partition coefficient (Wildman–Crippen LogP) is 1.02. The highest BCUT2D eigenvalue weighted by Crippen LogP contribution is 2.28. The molecule has 3 aromatic rings. The molecule has 1 aliphatic rings. The van der Waals surface area contributed by atoms with Crippen LogP contribution in [0.2, 0.25) is 0 Å². The van der Waals surface area contributed by atoms with E-state index in [-0.39, 0.29) is 11.0 Å². The van der Waals surface area contributed by atoms with Crippen LogP contribution in [0.5, 0.6) is 0 Å². The molecule has 1 unspecified atom stereocenters. The van der Waals surface area contributed by atoms with Gasteiger partial charge in [0.15, 0.2) is 11.6 Å². The van der Waals surface area contributed by atoms with Crippen molar-refractivity contribution in [2.75, 3.05) is 0 Å². The number of benzene rings is 1. The topological polar surface area (TPSA) is 119 Å². The summed E-state index contributed by atoms with van der Waals surface area (Å²) >= 11 is 0. The van der Waals surface area contributed by atoms with Gasteiger partial charge in [-0.1, -0.05) is 12.1 Å². The van der Waals surface area contributed by atoms with Gasteiger partial charge in [-0.2, -0.15) is 10.1 Å². The summed E-state index contributed by atoms with van der Waals surface area (Å²) in [5.41, 5.74) is 3.44. The van der Waals surface area contributed by atoms with Crippen LogP contribution in [0.3, 0.4) is 0 Å². The number of tetrazole rings is 1. The smallest absolute Gasteiger partial charge is 0.244 e. The average molecular weight is 359 g/mol. The highest BCUT2D eigenvalue weighted by atomic mass is 32.2. The molecular weight excluding hydrogens is 342 g/mol. The van der Waals surface area contributed by atoms with Crippen molar-refractivity contribution in [1.29, 1.82) is 0 Å². The number of hydrogen-bond acceptors (Lipinski definition) is 7. The first-order valence-electron chi connectivity index (χ1n) is 7.97. The molecular formula is C15H17N7O2S. The zero-order valence-electron chi connectivity index (χ0n) is 13.8. The van der Waals surface area contributed by atoms with Gasteiger partial charge in [0.25, 0.3) is 0 Å². The molecule has 0 radical (unpaired) electrons. The monoisotopic (exact) mass is 359 g/mol. The molecule has 130 valence electrons. The Labute approximate surface area is 144 Å². The van der Waals surface area contributed by atoms with E-state index in [0.29, 0.717) is 5.82 Å². The molecule has 1 N–H and O–H groups in total. The van der Waals surface area contributed by atoms with Gasteiger partial charge in [-0.15, -0.1) is 5.10 Å². The second-order valence-electron chi connectivity index (χ2n) is 6.15. The van der Waals surface area contributed by atoms with Crippen molar-refractivity contribution in [3.8, 4) is 11.4 Å². The van der Waals surface area contributed by atoms with E-state index in [0.717, 1.165) is 24.8 Å². The lowest BCUT2D eigenvalue weighted by Gasteiger charge is -2.08. The lowest BCUT2D eigenvalue weighted by Crippen LogP contribution is -2.16. The summed E-state index contributed by atoms with van der Waals surface area (Å²) in [5, 5.41) is 16.5. The van der Waals surface area contributed by atoms with Gasteiger partial charge < -0.3 is 0 Å². The number of hydrogen-bond donors (Lipinski definition) is 1. The van der Waals surface area contributed by atoms with Crippen LogP contribution in [0.15, 0.2) is 23.4 Å². The third kappa shape index (κ3) is 2.62. The first-order valence-corrected chi connectivity index (χ1v) is 9.52. The van der Waals surface area contributed by atoms with Crippen LogP contribution in [0, 0.1) is 0 Å². The third-order valence-electron chi connectivity index (χ3n) is 4.57. The number of fused-ring (bicyclic) bond motifs is 1. The molecule has 1 aliphatic carbocycles. The zero-order chi connectivity index (χ0) is 17.6. The maximum Gasteiger partial charge on any atom is 0.244 e. The normalized spacial score (nSPS) is 15.3. The van der Waals surface area contributed by atoms with Crippen molar-refractivity contribution in [2.45, 2.75) is 36.6 Å². The molecule has 25 heavy (non-hydrogen) atoms. The van der Waals surface area contributed by atoms with E-state index in [2.05, 4.69) is 36.8 Å². The van der Waals surface area contributed by atoms with Crippen molar-refractivity contribution < 1.29 is 8.42 Å². The summed E-state index contributed by atoms with van der Waals surface area (Å²) in [4.78, 5) is 4.21. The van der Waals surface area contributed by atoms with Crippen LogP contribution in [0.1, 0.15) is 35.5 Å². The van der Waals surface area contributed by atoms with Crippen molar-refractivity contribution >= 4 is 9.84 Å². The second-order valence-corrected chi connectivity index (χ2v) is 8.33. The minimum Gasteiger partial charge on any atom is -0.249 e. The number of rotatable bonds is 4. The molecule has 2 heterocycles. The maximum absolute atomic E-state index is 12.8. The van der Waals surface area contributed by atoms with E-state index in [9.17, 15) is 8.42 Å². The molecule has 4 rings (SSSR count). The van der Waals surface area contributed by atoms with Gasteiger partial charge in [0.1, 0.15) is 5.25 Å². The van der Waals surface area contributed by atoms with E-state index in [1.54, 1.807) is 7.05 Å². The zero-order valence-corrected chi connectivity index (χ0v) is 14.7. The number of sulfone groups is 1. The fourth-order valence-corrected chi connectivity index (χ4v) is 4.30. The van der Waals surface area contributed by atoms with E-state index in [1.165, 1.54) is 22.7 Å². The largest absolute Gasteiger partial charge is 0.249 e. The van der Waals surface area contributed by atoms with Gasteiger partial charge >= 0.3 is 0 Å². The van der Waals surface area contributed by atoms with Crippen molar-refractivity contribution in [2.24, 2.45) is 7.05 Å². The fourth-order valence-electron chi connectivity index (χ4n) is 3.10. The number of aromatic nitrogens is 7. The molecule has 1 aromatic carbocycles. The Bertz CT molecular complexity index is 1040. The number of nitrogens with zero attached hydrogens (tertiary/aromatic N) is 6. The first kappa shape index (κ1) is 15.9. The van der Waals surface area contributed by atoms with Gasteiger partial charge in [-0.3, -0.25) is 0 Å². The summed E-state index contributed by atoms with van der Waals surface area (Å²) in [6.45, 7) is 1.53. The molecule has 0 spiro atoms. The quantitative estimate of drug-likeness (QED) is 0.738. The van der Waals surface area contributed by atoms with Crippen LogP contribution in [-0.2, 0) is 29.7 Å². The molecule has 0 amide bonds. The van der Waals surface area contributed by atoms with Crippen molar-refractivity contribution in [1.82, 2.24) is 35.4 Å². The Hall–Kier alpha value is -2.62. The SMILES string of the molecule is CC(c1nnnn1C)S(=O)(=O)c1nc(-c2ccc3c(c2)CCC3)n[nH]1. The molecule has 0 fully saturated rings. The first-order chi connectivity index (χ1) is 12.0. The summed E-state index contributed by atoms with van der Waals surface area (Å²) in [6, 6.07) is 6.04. The number of aromatic amines is 1. The summed E-state index contributed by atoms with van der Waals surface area (Å²) in [7, 11) is -2.18. The molecule has 0 aliphatic heterocycles. The van der Waals surface area contributed by atoms with Crippen LogP contribution < -0.4 is 0 Å². The van der Waals surface area contributed by atoms with Crippen molar-refractivity contribution in [3.05, 3.63) is 35.2 Å². The predicted molar refractivity (Wildman–Crippen MR) is 88.2 cm³/mol. The summed E-state index contributed by atoms with van der Waals surface area (Å²) < 4.78 is 26.9. The lowest BCUT2D eigenvalue weighted by molar-refractivity contribution is 0.568. The molecule has 0 bridgehead atoms. The minimum atomic E-state index is -3.78. The van der Waals surface area contributed by atoms with Crippen LogP contribution >= 0.6 is 0 Å². The van der Waals surface area contributed by atoms with Gasteiger partial charge in [-0.25, -0.2) is 18.2 Å². The van der Waals surface area contributed by atoms with Crippen LogP contribution in [0.25, 0.3) is 11.4 Å². The molecule has 10 heteroatoms. The Morgan fingerprint density at radius 3 is 2.80 bits per heavy atom. The van der Waals surface area contributed by atoms with Crippen LogP contribution in [-0.4, -0.2) is 43.8 Å². The molecule has 0 saturated carbocycles. The average Bonchev–Trinajstić information content (AvgIpc) is 3.33. The number of aryl methyl sites for hydroxylation is 3. The van der Waals surface area contributed by atoms with Gasteiger partial charge in [0.2, 0.25) is 15.0 Å². The highest BCUT2D eigenvalue weighted by Gasteiger charge is 2.32. The van der Waals surface area contributed by atoms with E-state index >= 15 is 0 Å². The molecule has 2 aromatic heterocycles. The molecule has 1 atom stereocenters. The Morgan fingerprint density at radius 2 is 2.04 bits per heavy atom. The Balaban J connectivity index is 1.68. The van der Waals surface area contributed by atoms with Crippen molar-refractivity contribution in [3.63, 3.8) is 0 Å². The minimum absolute atomic E-state index is 0.182. The van der Waals surface area contributed by atoms with Gasteiger partial charge in [-0.05, 0) is 53.8 Å². The fraction of sp³-hybridized carbons (Fsp3) is 0.400. The standard InChI is InChI=1S/C15H17N7O2S/c1-9(14-18-20-21-22(14)2)25(23,24)15-16-13(17-19-15)12-7-6-10-4-3-5-11(10)8-12/h6-9H,3-5H2,1-2H3,(H,16,17,19). The molecule has 9 nitrogen and oxygen atoms in total. The molecule has 0 saturated heterocycles.